The molecule has 6 nitrogen and oxygen atoms in total. The van der Waals surface area contributed by atoms with Gasteiger partial charge in [-0.15, -0.1) is 0 Å². The molecule has 2 heterocycles. The Morgan fingerprint density at radius 3 is 2.67 bits per heavy atom. The van der Waals surface area contributed by atoms with Gasteiger partial charge in [0.2, 0.25) is 0 Å². The number of allylic oxidation sites excluding steroid dienone is 1. The number of nitrogens with one attached hydrogen (secondary N) is 2. The van der Waals surface area contributed by atoms with Crippen molar-refractivity contribution in [2.75, 3.05) is 26.3 Å². The van der Waals surface area contributed by atoms with Crippen molar-refractivity contribution >= 4 is 35.1 Å². The van der Waals surface area contributed by atoms with Crippen LogP contribution in [-0.2, 0) is 9.53 Å². The Kier molecular flexibility index (Phi) is 4.99. The first-order chi connectivity index (χ1) is 11.5. The van der Waals surface area contributed by atoms with Gasteiger partial charge in [-0.1, -0.05) is 29.3 Å². The summed E-state index contributed by atoms with van der Waals surface area (Å²) < 4.78 is 5.29. The largest absolute Gasteiger partial charge is 0.378 e. The van der Waals surface area contributed by atoms with Crippen molar-refractivity contribution in [3.63, 3.8) is 0 Å². The number of amides is 3. The summed E-state index contributed by atoms with van der Waals surface area (Å²) in [7, 11) is 0. The maximum absolute atomic E-state index is 13.0. The fraction of sp³-hybridized carbons (Fsp3) is 0.375. The van der Waals surface area contributed by atoms with Gasteiger partial charge in [-0.25, -0.2) is 4.79 Å². The third-order valence-corrected chi connectivity index (χ3v) is 4.63. The van der Waals surface area contributed by atoms with Gasteiger partial charge in [-0.2, -0.15) is 0 Å². The van der Waals surface area contributed by atoms with Gasteiger partial charge in [0.1, 0.15) is 0 Å². The van der Waals surface area contributed by atoms with E-state index in [2.05, 4.69) is 10.6 Å². The summed E-state index contributed by atoms with van der Waals surface area (Å²) in [5.41, 5.74) is 1.62. The zero-order valence-corrected chi connectivity index (χ0v) is 14.6. The van der Waals surface area contributed by atoms with Gasteiger partial charge in [0.15, 0.2) is 0 Å². The quantitative estimate of drug-likeness (QED) is 0.840. The summed E-state index contributed by atoms with van der Waals surface area (Å²) in [6.45, 7) is 3.76. The van der Waals surface area contributed by atoms with Crippen LogP contribution in [0.15, 0.2) is 29.5 Å². The molecule has 1 aromatic rings. The number of carbonyl (C=O) groups is 2. The molecule has 3 amide bonds. The Labute approximate surface area is 149 Å². The number of rotatable bonds is 2. The molecule has 1 fully saturated rings. The molecule has 2 N–H and O–H groups in total. The summed E-state index contributed by atoms with van der Waals surface area (Å²) >= 11 is 12.2. The van der Waals surface area contributed by atoms with Crippen LogP contribution in [0.3, 0.4) is 0 Å². The Morgan fingerprint density at radius 2 is 2.00 bits per heavy atom. The van der Waals surface area contributed by atoms with Gasteiger partial charge >= 0.3 is 6.03 Å². The minimum Gasteiger partial charge on any atom is -0.378 e. The first-order valence-electron chi connectivity index (χ1n) is 7.57. The van der Waals surface area contributed by atoms with Crippen LogP contribution in [0, 0.1) is 0 Å². The Bertz CT molecular complexity index is 715. The first kappa shape index (κ1) is 17.1. The molecule has 3 rings (SSSR count). The molecule has 0 aliphatic carbocycles. The van der Waals surface area contributed by atoms with E-state index >= 15 is 0 Å². The number of carbonyl (C=O) groups excluding carboxylic acids is 2. The van der Waals surface area contributed by atoms with Gasteiger partial charge in [0, 0.05) is 28.8 Å². The van der Waals surface area contributed by atoms with Crippen LogP contribution in [0.5, 0.6) is 0 Å². The highest BCUT2D eigenvalue weighted by Crippen LogP contribution is 2.34. The smallest absolute Gasteiger partial charge is 0.319 e. The van der Waals surface area contributed by atoms with E-state index in [0.717, 1.165) is 0 Å². The topological polar surface area (TPSA) is 70.7 Å². The van der Waals surface area contributed by atoms with E-state index in [9.17, 15) is 9.59 Å². The van der Waals surface area contributed by atoms with Crippen molar-refractivity contribution in [2.45, 2.75) is 13.0 Å². The van der Waals surface area contributed by atoms with Crippen molar-refractivity contribution in [3.8, 4) is 0 Å². The predicted octanol–water partition coefficient (Wildman–Crippen LogP) is 2.48. The van der Waals surface area contributed by atoms with Crippen molar-refractivity contribution in [2.24, 2.45) is 0 Å². The van der Waals surface area contributed by atoms with Crippen LogP contribution in [0.25, 0.3) is 0 Å². The lowest BCUT2D eigenvalue weighted by Gasteiger charge is -2.34. The van der Waals surface area contributed by atoms with Gasteiger partial charge in [0.25, 0.3) is 5.91 Å². The van der Waals surface area contributed by atoms with Crippen LogP contribution in [0.4, 0.5) is 4.79 Å². The van der Waals surface area contributed by atoms with E-state index in [1.54, 1.807) is 30.0 Å². The second-order valence-electron chi connectivity index (χ2n) is 5.64. The highest BCUT2D eigenvalue weighted by Gasteiger charge is 2.35. The summed E-state index contributed by atoms with van der Waals surface area (Å²) in [5, 5.41) is 6.33. The number of hydrogen-bond acceptors (Lipinski definition) is 3. The van der Waals surface area contributed by atoms with Gasteiger partial charge in [-0.05, 0) is 24.6 Å². The van der Waals surface area contributed by atoms with Crippen molar-refractivity contribution < 1.29 is 14.3 Å². The average Bonchev–Trinajstić information content (AvgIpc) is 2.54. The molecule has 0 aromatic heterocycles. The third kappa shape index (κ3) is 3.36. The fourth-order valence-corrected chi connectivity index (χ4v) is 3.40. The minimum absolute atomic E-state index is 0.140. The van der Waals surface area contributed by atoms with Crippen LogP contribution >= 0.6 is 23.2 Å². The molecule has 0 bridgehead atoms. The van der Waals surface area contributed by atoms with E-state index in [-0.39, 0.29) is 11.9 Å². The number of benzene rings is 1. The summed E-state index contributed by atoms with van der Waals surface area (Å²) in [6, 6.07) is 4.00. The van der Waals surface area contributed by atoms with Gasteiger partial charge < -0.3 is 20.3 Å². The zero-order chi connectivity index (χ0) is 17.3. The second kappa shape index (κ2) is 7.01. The molecule has 1 aromatic carbocycles. The van der Waals surface area contributed by atoms with Crippen LogP contribution in [0.2, 0.25) is 10.0 Å². The third-order valence-electron chi connectivity index (χ3n) is 4.07. The number of hydrogen-bond donors (Lipinski definition) is 2. The maximum atomic E-state index is 13.0. The molecule has 24 heavy (non-hydrogen) atoms. The van der Waals surface area contributed by atoms with E-state index in [1.807, 2.05) is 0 Å². The van der Waals surface area contributed by atoms with E-state index < -0.39 is 6.04 Å². The van der Waals surface area contributed by atoms with Crippen molar-refractivity contribution in [3.05, 3.63) is 45.1 Å². The molecule has 2 aliphatic heterocycles. The van der Waals surface area contributed by atoms with Crippen LogP contribution in [0.1, 0.15) is 18.5 Å². The predicted molar refractivity (Wildman–Crippen MR) is 91.0 cm³/mol. The second-order valence-corrected chi connectivity index (χ2v) is 6.48. The maximum Gasteiger partial charge on any atom is 0.319 e. The van der Waals surface area contributed by atoms with Crippen molar-refractivity contribution in [1.29, 1.82) is 0 Å². The number of urea groups is 1. The average molecular weight is 370 g/mol. The number of halogens is 2. The highest BCUT2D eigenvalue weighted by atomic mass is 35.5. The highest BCUT2D eigenvalue weighted by molar-refractivity contribution is 6.35. The summed E-state index contributed by atoms with van der Waals surface area (Å²) in [4.78, 5) is 26.6. The molecule has 1 unspecified atom stereocenters. The lowest BCUT2D eigenvalue weighted by atomic mass is 9.94. The number of ether oxygens (including phenoxy) is 1. The van der Waals surface area contributed by atoms with Gasteiger partial charge in [0.05, 0.1) is 24.8 Å². The lowest BCUT2D eigenvalue weighted by Crippen LogP contribution is -2.49. The zero-order valence-electron chi connectivity index (χ0n) is 13.1. The van der Waals surface area contributed by atoms with Gasteiger partial charge in [-0.3, -0.25) is 4.79 Å². The van der Waals surface area contributed by atoms with Crippen LogP contribution in [-0.4, -0.2) is 43.1 Å². The monoisotopic (exact) mass is 369 g/mol. The normalized spacial score (nSPS) is 21.4. The fourth-order valence-electron chi connectivity index (χ4n) is 2.88. The Hall–Kier alpha value is -1.76. The lowest BCUT2D eigenvalue weighted by molar-refractivity contribution is -0.131. The molecule has 2 aliphatic rings. The molecular weight excluding hydrogens is 353 g/mol. The molecular formula is C16H17Cl2N3O3. The molecule has 1 atom stereocenters. The van der Waals surface area contributed by atoms with E-state index in [1.165, 1.54) is 0 Å². The standard InChI is InChI=1S/C16H17Cl2N3O3/c1-9-13(15(22)21-4-6-24-7-5-21)14(20-16(23)19-9)11-3-2-10(17)8-12(11)18/h2-3,8,14H,4-7H2,1H3,(H2,19,20,23). The number of morpholine rings is 1. The first-order valence-corrected chi connectivity index (χ1v) is 8.33. The van der Waals surface area contributed by atoms with Crippen molar-refractivity contribution in [1.82, 2.24) is 15.5 Å². The Morgan fingerprint density at radius 1 is 1.29 bits per heavy atom. The minimum atomic E-state index is -0.626. The van der Waals surface area contributed by atoms with Crippen LogP contribution < -0.4 is 10.6 Å². The summed E-state index contributed by atoms with van der Waals surface area (Å²) in [6.07, 6.45) is 0. The molecule has 1 saturated heterocycles. The molecule has 128 valence electrons. The SMILES string of the molecule is CC1=C(C(=O)N2CCOCC2)C(c2ccc(Cl)cc2Cl)NC(=O)N1. The molecule has 0 saturated carbocycles. The molecule has 0 radical (unpaired) electrons. The van der Waals surface area contributed by atoms with E-state index in [0.29, 0.717) is 53.2 Å². The molecule has 0 spiro atoms. The summed E-state index contributed by atoms with van der Waals surface area (Å²) in [5.74, 6) is -0.140. The number of nitrogens with zero attached hydrogens (tertiary/aromatic N) is 1. The Balaban J connectivity index is 2.00. The molecule has 8 heteroatoms. The van der Waals surface area contributed by atoms with E-state index in [4.69, 9.17) is 27.9 Å².